The van der Waals surface area contributed by atoms with Gasteiger partial charge in [-0.05, 0) is 62.2 Å². The highest BCUT2D eigenvalue weighted by Gasteiger charge is 2.17. The number of carboxylic acid groups (broad SMARTS) is 1. The lowest BCUT2D eigenvalue weighted by Crippen LogP contribution is -2.29. The van der Waals surface area contributed by atoms with E-state index in [9.17, 15) is 0 Å². The predicted molar refractivity (Wildman–Crippen MR) is 146 cm³/mol. The van der Waals surface area contributed by atoms with Gasteiger partial charge >= 0.3 is 0 Å². The third-order valence-corrected chi connectivity index (χ3v) is 7.19. The minimum atomic E-state index is -0.250. The standard InChI is InChI=1S/C27H27BrClN3O2.CH2O2/c1-19-22(6-5-7-24(19)28)18-34-27-12-26(33-17-21-10-20(13-30)14-31-15-21)23(11-25(27)29)16-32-8-3-2-4-9-32;2-1-3/h5-7,10-12,14-15H,2-4,8-9,16-18H2,1H3;1H,(H,2,3). The molecule has 0 unspecified atom stereocenters. The molecule has 1 aromatic heterocycles. The number of halogens is 2. The Kier molecular flexibility index (Phi) is 11.2. The summed E-state index contributed by atoms with van der Waals surface area (Å²) < 4.78 is 13.4. The molecule has 0 spiro atoms. The van der Waals surface area contributed by atoms with E-state index in [4.69, 9.17) is 36.2 Å². The monoisotopic (exact) mass is 585 g/mol. The molecular weight excluding hydrogens is 558 g/mol. The van der Waals surface area contributed by atoms with Crippen LogP contribution in [-0.4, -0.2) is 34.6 Å². The van der Waals surface area contributed by atoms with Gasteiger partial charge in [0.1, 0.15) is 30.8 Å². The zero-order valence-corrected chi connectivity index (χ0v) is 23.0. The van der Waals surface area contributed by atoms with Crippen LogP contribution >= 0.6 is 27.5 Å². The Bertz CT molecular complexity index is 1240. The maximum absolute atomic E-state index is 9.16. The van der Waals surface area contributed by atoms with Crippen molar-refractivity contribution in [2.24, 2.45) is 0 Å². The average Bonchev–Trinajstić information content (AvgIpc) is 2.91. The summed E-state index contributed by atoms with van der Waals surface area (Å²) in [6.07, 6.45) is 6.97. The lowest BCUT2D eigenvalue weighted by atomic mass is 10.1. The van der Waals surface area contributed by atoms with Gasteiger partial charge in [-0.25, -0.2) is 0 Å². The summed E-state index contributed by atoms with van der Waals surface area (Å²) in [6.45, 7) is 5.45. The number of hydrogen-bond acceptors (Lipinski definition) is 6. The first-order chi connectivity index (χ1) is 17.9. The van der Waals surface area contributed by atoms with Gasteiger partial charge in [0.05, 0.1) is 10.6 Å². The maximum atomic E-state index is 9.16. The highest BCUT2D eigenvalue weighted by atomic mass is 79.9. The fourth-order valence-electron chi connectivity index (χ4n) is 4.06. The first-order valence-electron chi connectivity index (χ1n) is 11.9. The second-order valence-electron chi connectivity index (χ2n) is 8.63. The van der Waals surface area contributed by atoms with Gasteiger partial charge in [-0.2, -0.15) is 5.26 Å². The minimum absolute atomic E-state index is 0.250. The summed E-state index contributed by atoms with van der Waals surface area (Å²) in [4.78, 5) is 14.9. The zero-order valence-electron chi connectivity index (χ0n) is 20.6. The van der Waals surface area contributed by atoms with Crippen LogP contribution in [0.15, 0.2) is 53.3 Å². The first kappa shape index (κ1) is 28.5. The summed E-state index contributed by atoms with van der Waals surface area (Å²) in [6, 6.07) is 13.8. The van der Waals surface area contributed by atoms with Crippen molar-refractivity contribution < 1.29 is 19.4 Å². The predicted octanol–water partition coefficient (Wildman–Crippen LogP) is 6.52. The lowest BCUT2D eigenvalue weighted by Gasteiger charge is -2.27. The second-order valence-corrected chi connectivity index (χ2v) is 9.89. The fraction of sp³-hybridized carbons (Fsp3) is 0.321. The smallest absolute Gasteiger partial charge is 0.290 e. The minimum Gasteiger partial charge on any atom is -0.488 e. The van der Waals surface area contributed by atoms with Gasteiger partial charge in [-0.15, -0.1) is 0 Å². The molecule has 194 valence electrons. The van der Waals surface area contributed by atoms with E-state index in [1.807, 2.05) is 30.3 Å². The molecule has 2 aromatic carbocycles. The second kappa shape index (κ2) is 14.6. The van der Waals surface area contributed by atoms with Gasteiger partial charge in [-0.1, -0.05) is 46.1 Å². The molecule has 0 atom stereocenters. The van der Waals surface area contributed by atoms with Gasteiger partial charge in [0.2, 0.25) is 0 Å². The molecule has 0 saturated carbocycles. The summed E-state index contributed by atoms with van der Waals surface area (Å²) in [7, 11) is 0. The van der Waals surface area contributed by atoms with Gasteiger partial charge in [0.25, 0.3) is 6.47 Å². The van der Waals surface area contributed by atoms with Crippen molar-refractivity contribution in [2.45, 2.75) is 45.9 Å². The molecular formula is C28H29BrClN3O4. The number of hydrogen-bond donors (Lipinski definition) is 1. The molecule has 9 heteroatoms. The Labute approximate surface area is 230 Å². The SMILES string of the molecule is Cc1c(Br)cccc1COc1cc(OCc2cncc(C#N)c2)c(CN2CCCCC2)cc1Cl.O=CO. The molecule has 7 nitrogen and oxygen atoms in total. The summed E-state index contributed by atoms with van der Waals surface area (Å²) in [5.41, 5.74) is 4.61. The molecule has 2 heterocycles. The first-order valence-corrected chi connectivity index (χ1v) is 13.1. The molecule has 1 aliphatic heterocycles. The van der Waals surface area contributed by atoms with E-state index < -0.39 is 0 Å². The summed E-state index contributed by atoms with van der Waals surface area (Å²) in [5, 5.41) is 16.6. The Hall–Kier alpha value is -3.12. The molecule has 1 fully saturated rings. The van der Waals surface area contributed by atoms with Gasteiger partial charge in [-0.3, -0.25) is 14.7 Å². The highest BCUT2D eigenvalue weighted by Crippen LogP contribution is 2.35. The number of aromatic nitrogens is 1. The van der Waals surface area contributed by atoms with Crippen molar-refractivity contribution in [1.29, 1.82) is 5.26 Å². The van der Waals surface area contributed by atoms with Crippen molar-refractivity contribution in [3.63, 3.8) is 0 Å². The van der Waals surface area contributed by atoms with E-state index in [1.54, 1.807) is 18.5 Å². The van der Waals surface area contributed by atoms with E-state index in [1.165, 1.54) is 19.3 Å². The molecule has 37 heavy (non-hydrogen) atoms. The number of ether oxygens (including phenoxy) is 2. The quantitative estimate of drug-likeness (QED) is 0.300. The van der Waals surface area contributed by atoms with Crippen LogP contribution < -0.4 is 9.47 Å². The normalized spacial score (nSPS) is 13.1. The van der Waals surface area contributed by atoms with Crippen LogP contribution in [-0.2, 0) is 24.6 Å². The molecule has 0 radical (unpaired) electrons. The number of piperidine rings is 1. The molecule has 3 aromatic rings. The van der Waals surface area contributed by atoms with Crippen molar-refractivity contribution in [3.8, 4) is 17.6 Å². The van der Waals surface area contributed by atoms with E-state index in [0.29, 0.717) is 29.5 Å². The molecule has 0 amide bonds. The largest absolute Gasteiger partial charge is 0.488 e. The average molecular weight is 587 g/mol. The molecule has 0 aliphatic carbocycles. The molecule has 1 N–H and O–H groups in total. The number of likely N-dealkylation sites (tertiary alicyclic amines) is 1. The van der Waals surface area contributed by atoms with Crippen LogP contribution in [0.2, 0.25) is 5.02 Å². The van der Waals surface area contributed by atoms with Gasteiger partial charge in [0, 0.05) is 40.6 Å². The molecule has 0 bridgehead atoms. The van der Waals surface area contributed by atoms with Crippen LogP contribution in [0, 0.1) is 18.3 Å². The lowest BCUT2D eigenvalue weighted by molar-refractivity contribution is -0.122. The van der Waals surface area contributed by atoms with Crippen LogP contribution in [0.3, 0.4) is 0 Å². The highest BCUT2D eigenvalue weighted by molar-refractivity contribution is 9.10. The Morgan fingerprint density at radius 1 is 1.11 bits per heavy atom. The summed E-state index contributed by atoms with van der Waals surface area (Å²) >= 11 is 10.2. The van der Waals surface area contributed by atoms with Crippen LogP contribution in [0.25, 0.3) is 0 Å². The molecule has 1 aliphatic rings. The van der Waals surface area contributed by atoms with Crippen LogP contribution in [0.5, 0.6) is 11.5 Å². The van der Waals surface area contributed by atoms with E-state index in [-0.39, 0.29) is 6.47 Å². The van der Waals surface area contributed by atoms with E-state index in [2.05, 4.69) is 38.8 Å². The van der Waals surface area contributed by atoms with Gasteiger partial charge < -0.3 is 14.6 Å². The fourth-order valence-corrected chi connectivity index (χ4v) is 4.70. The van der Waals surface area contributed by atoms with Crippen LogP contribution in [0.1, 0.15) is 47.1 Å². The molecule has 1 saturated heterocycles. The van der Waals surface area contributed by atoms with E-state index >= 15 is 0 Å². The maximum Gasteiger partial charge on any atom is 0.290 e. The topological polar surface area (TPSA) is 95.7 Å². The number of pyridine rings is 1. The number of carbonyl (C=O) groups is 1. The number of nitriles is 1. The van der Waals surface area contributed by atoms with E-state index in [0.717, 1.165) is 52.1 Å². The summed E-state index contributed by atoms with van der Waals surface area (Å²) in [5.74, 6) is 1.32. The number of rotatable bonds is 8. The van der Waals surface area contributed by atoms with Crippen molar-refractivity contribution >= 4 is 34.0 Å². The third kappa shape index (κ3) is 8.46. The zero-order chi connectivity index (χ0) is 26.6. The van der Waals surface area contributed by atoms with Gasteiger partial charge in [0.15, 0.2) is 0 Å². The molecule has 4 rings (SSSR count). The Morgan fingerprint density at radius 3 is 2.57 bits per heavy atom. The number of nitrogens with zero attached hydrogens (tertiary/aromatic N) is 3. The third-order valence-electron chi connectivity index (χ3n) is 6.04. The van der Waals surface area contributed by atoms with Crippen LogP contribution in [0.4, 0.5) is 0 Å². The number of benzene rings is 2. The van der Waals surface area contributed by atoms with Crippen molar-refractivity contribution in [3.05, 3.63) is 86.1 Å². The Balaban J connectivity index is 0.00000121. The van der Waals surface area contributed by atoms with Crippen molar-refractivity contribution in [1.82, 2.24) is 9.88 Å². The van der Waals surface area contributed by atoms with Crippen molar-refractivity contribution in [2.75, 3.05) is 13.1 Å². The Morgan fingerprint density at radius 2 is 1.84 bits per heavy atom.